The molecule has 0 spiro atoms. The zero-order chi connectivity index (χ0) is 27.0. The predicted octanol–water partition coefficient (Wildman–Crippen LogP) is 3.15. The first-order valence-corrected chi connectivity index (χ1v) is 11.8. The first-order valence-electron chi connectivity index (χ1n) is 11.8. The minimum atomic E-state index is -2.55. The van der Waals surface area contributed by atoms with Crippen molar-refractivity contribution in [2.24, 2.45) is 5.73 Å². The van der Waals surface area contributed by atoms with Crippen molar-refractivity contribution in [2.75, 3.05) is 30.8 Å². The van der Waals surface area contributed by atoms with Gasteiger partial charge in [0.05, 0.1) is 43.1 Å². The van der Waals surface area contributed by atoms with Crippen molar-refractivity contribution in [3.63, 3.8) is 0 Å². The Labute approximate surface area is 214 Å². The highest BCUT2D eigenvalue weighted by Gasteiger charge is 2.35. The minimum Gasteiger partial charge on any atom is -0.494 e. The van der Waals surface area contributed by atoms with Crippen LogP contribution in [0, 0.1) is 11.6 Å². The Kier molecular flexibility index (Phi) is 6.73. The molecule has 0 radical (unpaired) electrons. The molecule has 3 aromatic heterocycles. The van der Waals surface area contributed by atoms with Crippen molar-refractivity contribution in [2.45, 2.75) is 37.8 Å². The molecule has 4 aromatic rings. The highest BCUT2D eigenvalue weighted by atomic mass is 19.3. The Morgan fingerprint density at radius 3 is 2.71 bits per heavy atom. The number of alkyl halides is 2. The second kappa shape index (κ2) is 10.0. The number of ether oxygens (including phenoxy) is 1. The molecule has 1 fully saturated rings. The first-order chi connectivity index (χ1) is 18.2. The smallest absolute Gasteiger partial charge is 0.240 e. The maximum Gasteiger partial charge on any atom is 0.240 e. The molecule has 14 heteroatoms. The number of hydrogen-bond acceptors (Lipinski definition) is 9. The van der Waals surface area contributed by atoms with E-state index in [1.54, 1.807) is 4.57 Å². The van der Waals surface area contributed by atoms with E-state index >= 15 is 0 Å². The lowest BCUT2D eigenvalue weighted by atomic mass is 9.87. The van der Waals surface area contributed by atoms with E-state index in [4.69, 9.17) is 16.2 Å². The summed E-state index contributed by atoms with van der Waals surface area (Å²) < 4.78 is 62.3. The van der Waals surface area contributed by atoms with E-state index in [1.165, 1.54) is 26.0 Å². The number of halogens is 4. The molecule has 0 bridgehead atoms. The SMILES string of the molecule is COc1cc(F)c(-c2ncc(N3CCC[C@](N)(CC(F)F)C3)c(Cn3cnc4c(N)ncnc43)n2)cc1F. The molecule has 0 amide bonds. The molecular formula is C24H25F4N9O. The normalized spacial score (nSPS) is 17.9. The largest absolute Gasteiger partial charge is 0.494 e. The number of rotatable bonds is 7. The van der Waals surface area contributed by atoms with Gasteiger partial charge >= 0.3 is 0 Å². The molecule has 1 aliphatic rings. The van der Waals surface area contributed by atoms with Crippen molar-refractivity contribution in [1.29, 1.82) is 0 Å². The molecule has 1 aromatic carbocycles. The summed E-state index contributed by atoms with van der Waals surface area (Å²) in [6.07, 6.45) is 2.31. The van der Waals surface area contributed by atoms with Crippen LogP contribution in [0.15, 0.2) is 31.0 Å². The van der Waals surface area contributed by atoms with Gasteiger partial charge in [-0.2, -0.15) is 0 Å². The fourth-order valence-corrected chi connectivity index (χ4v) is 4.79. The van der Waals surface area contributed by atoms with Crippen LogP contribution >= 0.6 is 0 Å². The Balaban J connectivity index is 1.59. The van der Waals surface area contributed by atoms with Crippen molar-refractivity contribution in [3.8, 4) is 17.1 Å². The van der Waals surface area contributed by atoms with Gasteiger partial charge in [0.2, 0.25) is 6.43 Å². The number of aromatic nitrogens is 6. The van der Waals surface area contributed by atoms with Crippen molar-refractivity contribution < 1.29 is 22.3 Å². The maximum absolute atomic E-state index is 14.9. The van der Waals surface area contributed by atoms with Crippen LogP contribution in [0.1, 0.15) is 25.0 Å². The van der Waals surface area contributed by atoms with Gasteiger partial charge in [0, 0.05) is 31.1 Å². The summed E-state index contributed by atoms with van der Waals surface area (Å²) in [4.78, 5) is 23.2. The van der Waals surface area contributed by atoms with Gasteiger partial charge in [0.1, 0.15) is 17.7 Å². The lowest BCUT2D eigenvalue weighted by Gasteiger charge is -2.41. The standard InChI is InChI=1S/C24H25F4N9O/c1-38-18-6-14(25)13(5-15(18)26)22-31-8-17(36-4-2-3-24(30,10-36)7-19(27)28)16(35-22)9-37-12-34-20-21(29)32-11-33-23(20)37/h5-6,8,11-12,19H,2-4,7,9-10,30H2,1H3,(H2,29,32,33)/t24-/m0/s1. The van der Waals surface area contributed by atoms with Gasteiger partial charge in [-0.15, -0.1) is 0 Å². The second-order valence-electron chi connectivity index (χ2n) is 9.28. The average Bonchev–Trinajstić information content (AvgIpc) is 3.28. The second-order valence-corrected chi connectivity index (χ2v) is 9.28. The molecule has 0 unspecified atom stereocenters. The highest BCUT2D eigenvalue weighted by Crippen LogP contribution is 2.33. The number of nitrogen functional groups attached to an aromatic ring is 1. The zero-order valence-electron chi connectivity index (χ0n) is 20.4. The van der Waals surface area contributed by atoms with E-state index in [1.807, 2.05) is 4.90 Å². The van der Waals surface area contributed by atoms with Gasteiger partial charge in [0.15, 0.2) is 28.9 Å². The lowest BCUT2D eigenvalue weighted by Crippen LogP contribution is -2.55. The molecule has 1 saturated heterocycles. The lowest BCUT2D eigenvalue weighted by molar-refractivity contribution is 0.0983. The van der Waals surface area contributed by atoms with Gasteiger partial charge in [-0.3, -0.25) is 0 Å². The Morgan fingerprint density at radius 2 is 1.95 bits per heavy atom. The molecule has 0 aliphatic carbocycles. The van der Waals surface area contributed by atoms with Crippen LogP contribution in [-0.4, -0.2) is 61.7 Å². The zero-order valence-corrected chi connectivity index (χ0v) is 20.4. The fraction of sp³-hybridized carbons (Fsp3) is 0.375. The summed E-state index contributed by atoms with van der Waals surface area (Å²) in [7, 11) is 1.23. The summed E-state index contributed by atoms with van der Waals surface area (Å²) in [6, 6.07) is 1.88. The molecule has 0 saturated carbocycles. The molecule has 200 valence electrons. The summed E-state index contributed by atoms with van der Waals surface area (Å²) in [5.41, 5.74) is 12.7. The number of nitrogens with zero attached hydrogens (tertiary/aromatic N) is 7. The van der Waals surface area contributed by atoms with Crippen LogP contribution in [0.2, 0.25) is 0 Å². The number of piperidine rings is 1. The van der Waals surface area contributed by atoms with E-state index in [0.29, 0.717) is 41.9 Å². The van der Waals surface area contributed by atoms with Gasteiger partial charge in [-0.1, -0.05) is 0 Å². The van der Waals surface area contributed by atoms with Crippen LogP contribution in [0.25, 0.3) is 22.6 Å². The Morgan fingerprint density at radius 1 is 1.13 bits per heavy atom. The number of methoxy groups -OCH3 is 1. The van der Waals surface area contributed by atoms with Crippen molar-refractivity contribution >= 4 is 22.7 Å². The number of nitrogens with two attached hydrogens (primary N) is 2. The van der Waals surface area contributed by atoms with Gasteiger partial charge in [-0.25, -0.2) is 42.5 Å². The van der Waals surface area contributed by atoms with Crippen LogP contribution in [0.5, 0.6) is 5.75 Å². The topological polar surface area (TPSA) is 134 Å². The van der Waals surface area contributed by atoms with Crippen molar-refractivity contribution in [3.05, 3.63) is 48.3 Å². The molecule has 10 nitrogen and oxygen atoms in total. The maximum atomic E-state index is 14.9. The highest BCUT2D eigenvalue weighted by molar-refractivity contribution is 5.81. The van der Waals surface area contributed by atoms with E-state index < -0.39 is 30.0 Å². The van der Waals surface area contributed by atoms with Crippen LogP contribution in [-0.2, 0) is 6.54 Å². The number of hydrogen-bond donors (Lipinski definition) is 2. The molecular weight excluding hydrogens is 506 g/mol. The van der Waals surface area contributed by atoms with E-state index in [0.717, 1.165) is 12.1 Å². The number of fused-ring (bicyclic) bond motifs is 1. The van der Waals surface area contributed by atoms with E-state index in [9.17, 15) is 17.6 Å². The molecule has 4 heterocycles. The van der Waals surface area contributed by atoms with Crippen molar-refractivity contribution in [1.82, 2.24) is 29.5 Å². The third kappa shape index (κ3) is 4.90. The van der Waals surface area contributed by atoms with Crippen LogP contribution in [0.4, 0.5) is 29.1 Å². The average molecular weight is 532 g/mol. The summed E-state index contributed by atoms with van der Waals surface area (Å²) in [6.45, 7) is 0.780. The molecule has 5 rings (SSSR count). The number of imidazole rings is 1. The van der Waals surface area contributed by atoms with Gasteiger partial charge in [0.25, 0.3) is 0 Å². The third-order valence-corrected chi connectivity index (χ3v) is 6.59. The minimum absolute atomic E-state index is 0.0648. The summed E-state index contributed by atoms with van der Waals surface area (Å²) in [5.74, 6) is -1.67. The molecule has 1 aliphatic heterocycles. The Bertz CT molecular complexity index is 1480. The van der Waals surface area contributed by atoms with E-state index in [-0.39, 0.29) is 36.0 Å². The monoisotopic (exact) mass is 531 g/mol. The third-order valence-electron chi connectivity index (χ3n) is 6.59. The van der Waals surface area contributed by atoms with Gasteiger partial charge in [-0.05, 0) is 18.9 Å². The number of benzene rings is 1. The molecule has 4 N–H and O–H groups in total. The van der Waals surface area contributed by atoms with Crippen LogP contribution < -0.4 is 21.1 Å². The van der Waals surface area contributed by atoms with Gasteiger partial charge < -0.3 is 25.7 Å². The Hall–Kier alpha value is -4.07. The quantitative estimate of drug-likeness (QED) is 0.345. The van der Waals surface area contributed by atoms with E-state index in [2.05, 4.69) is 24.9 Å². The molecule has 1 atom stereocenters. The summed E-state index contributed by atoms with van der Waals surface area (Å²) in [5, 5.41) is 0. The fourth-order valence-electron chi connectivity index (χ4n) is 4.79. The molecule has 38 heavy (non-hydrogen) atoms. The number of anilines is 2. The van der Waals surface area contributed by atoms with Crippen LogP contribution in [0.3, 0.4) is 0 Å². The summed E-state index contributed by atoms with van der Waals surface area (Å²) >= 11 is 0. The predicted molar refractivity (Wildman–Crippen MR) is 132 cm³/mol. The first kappa shape index (κ1) is 25.6.